The summed E-state index contributed by atoms with van der Waals surface area (Å²) in [5.74, 6) is 0.324. The van der Waals surface area contributed by atoms with E-state index in [-0.39, 0.29) is 5.75 Å². The number of hydrogen-bond acceptors (Lipinski definition) is 3. The van der Waals surface area contributed by atoms with Gasteiger partial charge < -0.3 is 15.0 Å². The Morgan fingerprint density at radius 1 is 1.19 bits per heavy atom. The highest BCUT2D eigenvalue weighted by Crippen LogP contribution is 2.34. The van der Waals surface area contributed by atoms with E-state index in [1.54, 1.807) is 6.07 Å². The van der Waals surface area contributed by atoms with E-state index in [0.717, 1.165) is 18.4 Å². The van der Waals surface area contributed by atoms with Crippen LogP contribution in [0.5, 0.6) is 5.75 Å². The summed E-state index contributed by atoms with van der Waals surface area (Å²) in [4.78, 5) is 4.32. The van der Waals surface area contributed by atoms with E-state index in [4.69, 9.17) is 10.5 Å². The second-order valence-electron chi connectivity index (χ2n) is 5.81. The summed E-state index contributed by atoms with van der Waals surface area (Å²) < 4.78 is 21.0. The van der Waals surface area contributed by atoms with Crippen LogP contribution < -0.4 is 10.5 Å². The van der Waals surface area contributed by atoms with Gasteiger partial charge >= 0.3 is 0 Å². The first-order chi connectivity index (χ1) is 10.2. The molecule has 1 saturated carbocycles. The van der Waals surface area contributed by atoms with E-state index >= 15 is 0 Å². The quantitative estimate of drug-likeness (QED) is 0.908. The maximum absolute atomic E-state index is 13.8. The number of imidazole rings is 1. The van der Waals surface area contributed by atoms with Gasteiger partial charge in [0.05, 0.1) is 18.1 Å². The van der Waals surface area contributed by atoms with Crippen molar-refractivity contribution in [3.63, 3.8) is 0 Å². The lowest BCUT2D eigenvalue weighted by molar-refractivity contribution is 0.378. The Kier molecular flexibility index (Phi) is 3.99. The molecule has 4 nitrogen and oxygen atoms in total. The number of aromatic nitrogens is 2. The van der Waals surface area contributed by atoms with Crippen LogP contribution in [0.25, 0.3) is 11.0 Å². The Balaban J connectivity index is 2.05. The van der Waals surface area contributed by atoms with Crippen LogP contribution in [0.2, 0.25) is 0 Å². The number of hydrogen-bond donors (Lipinski definition) is 1. The second kappa shape index (κ2) is 5.92. The van der Waals surface area contributed by atoms with Crippen molar-refractivity contribution < 1.29 is 9.13 Å². The van der Waals surface area contributed by atoms with E-state index in [1.807, 2.05) is 0 Å². The normalized spacial score (nSPS) is 17.6. The molecule has 0 radical (unpaired) electrons. The van der Waals surface area contributed by atoms with Crippen molar-refractivity contribution in [2.75, 3.05) is 12.8 Å². The fourth-order valence-electron chi connectivity index (χ4n) is 3.35. The average Bonchev–Trinajstić information content (AvgIpc) is 2.73. The molecule has 1 aromatic heterocycles. The number of fused-ring (bicyclic) bond motifs is 1. The highest BCUT2D eigenvalue weighted by Gasteiger charge is 2.20. The van der Waals surface area contributed by atoms with Gasteiger partial charge in [0.1, 0.15) is 0 Å². The predicted molar refractivity (Wildman–Crippen MR) is 82.0 cm³/mol. The summed E-state index contributed by atoms with van der Waals surface area (Å²) in [5.41, 5.74) is 7.58. The zero-order chi connectivity index (χ0) is 14.8. The van der Waals surface area contributed by atoms with E-state index in [9.17, 15) is 4.39 Å². The van der Waals surface area contributed by atoms with Gasteiger partial charge in [-0.2, -0.15) is 0 Å². The number of benzene rings is 1. The maximum atomic E-state index is 13.8. The molecule has 1 fully saturated rings. The first kappa shape index (κ1) is 14.2. The second-order valence-corrected chi connectivity index (χ2v) is 5.81. The minimum Gasteiger partial charge on any atom is -0.494 e. The molecule has 0 spiro atoms. The lowest BCUT2D eigenvalue weighted by Crippen LogP contribution is -2.13. The molecule has 1 heterocycles. The van der Waals surface area contributed by atoms with Gasteiger partial charge in [0, 0.05) is 18.2 Å². The SMILES string of the molecule is COc1cc2c(cc1F)nc(N)n2C1CCCCCCC1. The smallest absolute Gasteiger partial charge is 0.201 e. The van der Waals surface area contributed by atoms with Crippen molar-refractivity contribution >= 4 is 17.0 Å². The molecule has 114 valence electrons. The van der Waals surface area contributed by atoms with Crippen LogP contribution in [-0.4, -0.2) is 16.7 Å². The van der Waals surface area contributed by atoms with Crippen LogP contribution in [0, 0.1) is 5.82 Å². The molecule has 1 aromatic carbocycles. The molecule has 0 bridgehead atoms. The van der Waals surface area contributed by atoms with Crippen molar-refractivity contribution in [3.05, 3.63) is 17.9 Å². The van der Waals surface area contributed by atoms with Crippen LogP contribution in [0.15, 0.2) is 12.1 Å². The number of nitrogens with two attached hydrogens (primary N) is 1. The van der Waals surface area contributed by atoms with Gasteiger partial charge in [0.2, 0.25) is 5.95 Å². The summed E-state index contributed by atoms with van der Waals surface area (Å²) in [7, 11) is 1.48. The van der Waals surface area contributed by atoms with Gasteiger partial charge in [-0.3, -0.25) is 0 Å². The van der Waals surface area contributed by atoms with Crippen molar-refractivity contribution in [2.24, 2.45) is 0 Å². The van der Waals surface area contributed by atoms with Crippen LogP contribution >= 0.6 is 0 Å². The average molecular weight is 291 g/mol. The Hall–Kier alpha value is -1.78. The molecule has 3 rings (SSSR count). The maximum Gasteiger partial charge on any atom is 0.201 e. The molecule has 2 N–H and O–H groups in total. The molecule has 21 heavy (non-hydrogen) atoms. The van der Waals surface area contributed by atoms with Crippen molar-refractivity contribution in [1.82, 2.24) is 9.55 Å². The summed E-state index contributed by atoms with van der Waals surface area (Å²) in [5, 5.41) is 0. The summed E-state index contributed by atoms with van der Waals surface area (Å²) in [6.07, 6.45) is 8.52. The van der Waals surface area contributed by atoms with Crippen molar-refractivity contribution in [3.8, 4) is 5.75 Å². The van der Waals surface area contributed by atoms with E-state index < -0.39 is 5.82 Å². The summed E-state index contributed by atoms with van der Waals surface area (Å²) in [6.45, 7) is 0. The predicted octanol–water partition coefficient (Wildman–Crippen LogP) is 4.05. The third-order valence-electron chi connectivity index (χ3n) is 4.43. The van der Waals surface area contributed by atoms with Crippen LogP contribution in [0.3, 0.4) is 0 Å². The fourth-order valence-corrected chi connectivity index (χ4v) is 3.35. The number of methoxy groups -OCH3 is 1. The molecule has 1 aliphatic rings. The van der Waals surface area contributed by atoms with E-state index in [0.29, 0.717) is 17.5 Å². The molecular weight excluding hydrogens is 269 g/mol. The molecule has 0 unspecified atom stereocenters. The molecule has 5 heteroatoms. The number of nitrogen functional groups attached to an aromatic ring is 1. The van der Waals surface area contributed by atoms with Gasteiger partial charge in [-0.05, 0) is 12.8 Å². The minimum absolute atomic E-state index is 0.245. The van der Waals surface area contributed by atoms with Crippen molar-refractivity contribution in [2.45, 2.75) is 51.0 Å². The lowest BCUT2D eigenvalue weighted by atomic mass is 9.96. The van der Waals surface area contributed by atoms with E-state index in [1.165, 1.54) is 45.3 Å². The Morgan fingerprint density at radius 3 is 2.52 bits per heavy atom. The third kappa shape index (κ3) is 2.69. The number of halogens is 1. The zero-order valence-corrected chi connectivity index (χ0v) is 12.4. The number of rotatable bonds is 2. The van der Waals surface area contributed by atoms with Gasteiger partial charge in [-0.15, -0.1) is 0 Å². The van der Waals surface area contributed by atoms with Crippen molar-refractivity contribution in [1.29, 1.82) is 0 Å². The number of ether oxygens (including phenoxy) is 1. The fraction of sp³-hybridized carbons (Fsp3) is 0.562. The van der Waals surface area contributed by atoms with Crippen LogP contribution in [0.1, 0.15) is 51.0 Å². The molecule has 0 aliphatic heterocycles. The van der Waals surface area contributed by atoms with Gasteiger partial charge in [-0.1, -0.05) is 32.1 Å². The minimum atomic E-state index is -0.396. The summed E-state index contributed by atoms with van der Waals surface area (Å²) >= 11 is 0. The van der Waals surface area contributed by atoms with Gasteiger partial charge in [0.25, 0.3) is 0 Å². The van der Waals surface area contributed by atoms with Gasteiger partial charge in [0.15, 0.2) is 11.6 Å². The Bertz CT molecular complexity index is 630. The Labute approximate surface area is 124 Å². The lowest BCUT2D eigenvalue weighted by Gasteiger charge is -2.23. The Morgan fingerprint density at radius 2 is 1.86 bits per heavy atom. The molecule has 1 aliphatic carbocycles. The largest absolute Gasteiger partial charge is 0.494 e. The molecular formula is C16H22FN3O. The van der Waals surface area contributed by atoms with Gasteiger partial charge in [-0.25, -0.2) is 9.37 Å². The molecule has 2 aromatic rings. The topological polar surface area (TPSA) is 53.1 Å². The first-order valence-corrected chi connectivity index (χ1v) is 7.71. The highest BCUT2D eigenvalue weighted by molar-refractivity contribution is 5.80. The van der Waals surface area contributed by atoms with E-state index in [2.05, 4.69) is 9.55 Å². The third-order valence-corrected chi connectivity index (χ3v) is 4.43. The molecule has 0 amide bonds. The highest BCUT2D eigenvalue weighted by atomic mass is 19.1. The zero-order valence-electron chi connectivity index (χ0n) is 12.4. The summed E-state index contributed by atoms with van der Waals surface area (Å²) in [6, 6.07) is 3.47. The number of nitrogens with zero attached hydrogens (tertiary/aromatic N) is 2. The first-order valence-electron chi connectivity index (χ1n) is 7.71. The van der Waals surface area contributed by atoms with Crippen LogP contribution in [0.4, 0.5) is 10.3 Å². The monoisotopic (exact) mass is 291 g/mol. The van der Waals surface area contributed by atoms with Crippen LogP contribution in [-0.2, 0) is 0 Å². The number of anilines is 1. The molecule has 0 atom stereocenters. The molecule has 0 saturated heterocycles. The standard InChI is InChI=1S/C16H22FN3O/c1-21-15-10-14-13(9-12(15)17)19-16(18)20(14)11-7-5-3-2-4-6-8-11/h9-11H,2-8H2,1H3,(H2,18,19).